The smallest absolute Gasteiger partial charge is 0.407 e. The van der Waals surface area contributed by atoms with E-state index in [9.17, 15) is 29.1 Å². The Morgan fingerprint density at radius 2 is 0.920 bits per heavy atom. The molecule has 2 amide bonds. The van der Waals surface area contributed by atoms with Gasteiger partial charge in [0, 0.05) is 13.1 Å². The molecule has 0 fully saturated rings. The van der Waals surface area contributed by atoms with Crippen LogP contribution in [-0.2, 0) is 33.3 Å². The maximum Gasteiger partial charge on any atom is 0.407 e. The lowest BCUT2D eigenvalue weighted by Crippen LogP contribution is -2.44. The molecule has 8 N–H and O–H groups in total. The highest BCUT2D eigenvalue weighted by Gasteiger charge is 2.26. The van der Waals surface area contributed by atoms with Crippen LogP contribution in [0.3, 0.4) is 0 Å². The Bertz CT molecular complexity index is 986. The van der Waals surface area contributed by atoms with Crippen molar-refractivity contribution in [1.29, 1.82) is 0 Å². The summed E-state index contributed by atoms with van der Waals surface area (Å²) in [7, 11) is 0. The van der Waals surface area contributed by atoms with E-state index in [-0.39, 0.29) is 55.7 Å². The third kappa shape index (κ3) is 45.4. The predicted molar refractivity (Wildman–Crippen MR) is 200 cm³/mol. The van der Waals surface area contributed by atoms with Crippen molar-refractivity contribution < 1.29 is 53.1 Å². The Balaban J connectivity index is -0.000000135. The highest BCUT2D eigenvalue weighted by atomic mass is 35.5. The largest absolute Gasteiger partial charge is 0.481 e. The maximum atomic E-state index is 11.5. The fourth-order valence-electron chi connectivity index (χ4n) is 2.04. The average molecular weight is 770 g/mol. The lowest BCUT2D eigenvalue weighted by molar-refractivity contribution is -0.160. The van der Waals surface area contributed by atoms with Crippen LogP contribution in [0.25, 0.3) is 0 Å². The molecule has 0 heterocycles. The zero-order chi connectivity index (χ0) is 39.5. The van der Waals surface area contributed by atoms with Crippen LogP contribution in [0.4, 0.5) is 9.59 Å². The van der Waals surface area contributed by atoms with Crippen molar-refractivity contribution in [2.24, 2.45) is 23.3 Å². The Hall–Kier alpha value is -2.59. The van der Waals surface area contributed by atoms with Crippen molar-refractivity contribution in [3.8, 4) is 0 Å². The van der Waals surface area contributed by atoms with E-state index in [1.807, 2.05) is 0 Å². The summed E-state index contributed by atoms with van der Waals surface area (Å²) in [5.74, 6) is -1.86. The molecule has 0 aliphatic heterocycles. The number of carbonyl (C=O) groups excluding carboxylic acids is 4. The van der Waals surface area contributed by atoms with Crippen LogP contribution in [0.2, 0.25) is 0 Å². The fourth-order valence-corrected chi connectivity index (χ4v) is 2.04. The Morgan fingerprint density at radius 1 is 0.600 bits per heavy atom. The molecule has 15 nitrogen and oxygen atoms in total. The van der Waals surface area contributed by atoms with E-state index in [0.717, 1.165) is 0 Å². The third-order valence-corrected chi connectivity index (χ3v) is 4.70. The second-order valence-electron chi connectivity index (χ2n) is 15.5. The molecule has 302 valence electrons. The van der Waals surface area contributed by atoms with Gasteiger partial charge in [-0.05, 0) is 90.0 Å². The first kappa shape index (κ1) is 59.6. The molecular formula is C33H70Cl2N4O11. The van der Waals surface area contributed by atoms with E-state index >= 15 is 0 Å². The molecular weight excluding hydrogens is 699 g/mol. The number of aliphatic hydroxyl groups is 1. The van der Waals surface area contributed by atoms with Crippen LogP contribution < -0.4 is 22.1 Å². The zero-order valence-electron chi connectivity index (χ0n) is 33.4. The van der Waals surface area contributed by atoms with E-state index in [4.69, 9.17) is 35.5 Å². The van der Waals surface area contributed by atoms with Crippen molar-refractivity contribution in [2.75, 3.05) is 19.6 Å². The number of alkyl carbamates (subject to hydrolysis) is 2. The SMILES string of the molecule is CC(C)(O)CNC(=O)OC(C)(C)C.CC(C)C(=O)O.CC(C)C(=O)OC(C)(C)CNC(=O)OC(C)(C)C.C[C@H](N)C(=O)OC(C)(C)CN.Cl.Cl. The highest BCUT2D eigenvalue weighted by molar-refractivity contribution is 5.85. The number of nitrogens with two attached hydrogens (primary N) is 2. The van der Waals surface area contributed by atoms with Gasteiger partial charge in [-0.1, -0.05) is 27.7 Å². The van der Waals surface area contributed by atoms with Gasteiger partial charge < -0.3 is 51.3 Å². The number of carbonyl (C=O) groups is 5. The number of ether oxygens (including phenoxy) is 4. The number of rotatable bonds is 10. The zero-order valence-corrected chi connectivity index (χ0v) is 35.0. The number of hydrogen-bond acceptors (Lipinski definition) is 12. The maximum absolute atomic E-state index is 11.5. The molecule has 17 heteroatoms. The molecule has 50 heavy (non-hydrogen) atoms. The normalized spacial score (nSPS) is 11.9. The highest BCUT2D eigenvalue weighted by Crippen LogP contribution is 2.13. The molecule has 0 bridgehead atoms. The summed E-state index contributed by atoms with van der Waals surface area (Å²) in [4.78, 5) is 54.6. The Labute approximate surface area is 312 Å². The number of amides is 2. The summed E-state index contributed by atoms with van der Waals surface area (Å²) in [6.45, 7) is 30.0. The topological polar surface area (TPSA) is 239 Å². The Morgan fingerprint density at radius 3 is 1.16 bits per heavy atom. The molecule has 0 rings (SSSR count). The van der Waals surface area contributed by atoms with Crippen LogP contribution in [-0.4, -0.2) is 94.0 Å². The molecule has 0 spiro atoms. The number of carboxylic acid groups (broad SMARTS) is 1. The minimum absolute atomic E-state index is 0. The van der Waals surface area contributed by atoms with Crippen molar-refractivity contribution >= 4 is 54.9 Å². The van der Waals surface area contributed by atoms with Crippen LogP contribution in [0.15, 0.2) is 0 Å². The van der Waals surface area contributed by atoms with Gasteiger partial charge in [0.2, 0.25) is 0 Å². The van der Waals surface area contributed by atoms with Gasteiger partial charge in [-0.25, -0.2) is 9.59 Å². The molecule has 0 aliphatic carbocycles. The summed E-state index contributed by atoms with van der Waals surface area (Å²) < 4.78 is 20.3. The lowest BCUT2D eigenvalue weighted by atomic mass is 10.1. The Kier molecular flexibility index (Phi) is 31.2. The second-order valence-corrected chi connectivity index (χ2v) is 15.5. The van der Waals surface area contributed by atoms with Gasteiger partial charge in [0.1, 0.15) is 28.4 Å². The first-order valence-electron chi connectivity index (χ1n) is 15.9. The second kappa shape index (κ2) is 26.2. The summed E-state index contributed by atoms with van der Waals surface area (Å²) in [6, 6.07) is -0.583. The first-order valence-corrected chi connectivity index (χ1v) is 15.9. The number of hydrogen-bond donors (Lipinski definition) is 6. The van der Waals surface area contributed by atoms with E-state index in [0.29, 0.717) is 6.54 Å². The average Bonchev–Trinajstić information content (AvgIpc) is 2.84. The van der Waals surface area contributed by atoms with Crippen LogP contribution in [0.5, 0.6) is 0 Å². The number of aliphatic carboxylic acids is 1. The molecule has 0 unspecified atom stereocenters. The number of carboxylic acids is 1. The first-order chi connectivity index (χ1) is 21.1. The minimum Gasteiger partial charge on any atom is -0.481 e. The summed E-state index contributed by atoms with van der Waals surface area (Å²) in [5.41, 5.74) is 7.32. The standard InChI is InChI=1S/C13H25NO4.C9H19NO3.C7H16N2O2.C4H8O2.2ClH/c1-9(2)10(15)17-13(6,7)8-14-11(16)18-12(3,4)5;1-8(2,3)13-7(11)10-6-9(4,5)12;1-5(9)6(10)11-7(2,3)4-8;1-3(2)4(5)6;;/h9H,8H2,1-7H3,(H,14,16);12H,6H2,1-5H3,(H,10,11);5H,4,8-9H2,1-3H3;3H,1-2H3,(H,5,6);2*1H/t;;5-;;;/m..0.../s1. The van der Waals surface area contributed by atoms with Gasteiger partial charge in [-0.15, -0.1) is 24.8 Å². The van der Waals surface area contributed by atoms with Gasteiger partial charge in [0.05, 0.1) is 24.0 Å². The summed E-state index contributed by atoms with van der Waals surface area (Å²) >= 11 is 0. The van der Waals surface area contributed by atoms with E-state index in [2.05, 4.69) is 10.6 Å². The molecule has 0 aromatic carbocycles. The van der Waals surface area contributed by atoms with Gasteiger partial charge in [0.15, 0.2) is 0 Å². The molecule has 0 aliphatic rings. The van der Waals surface area contributed by atoms with Gasteiger partial charge in [-0.2, -0.15) is 0 Å². The molecule has 0 radical (unpaired) electrons. The predicted octanol–water partition coefficient (Wildman–Crippen LogP) is 4.96. The molecule has 0 saturated heterocycles. The van der Waals surface area contributed by atoms with Gasteiger partial charge >= 0.3 is 30.1 Å². The van der Waals surface area contributed by atoms with E-state index in [1.54, 1.807) is 118 Å². The van der Waals surface area contributed by atoms with Crippen molar-refractivity contribution in [3.05, 3.63) is 0 Å². The van der Waals surface area contributed by atoms with Crippen molar-refractivity contribution in [3.63, 3.8) is 0 Å². The molecule has 0 aromatic heterocycles. The number of esters is 2. The molecule has 0 aromatic rings. The quantitative estimate of drug-likeness (QED) is 0.127. The fraction of sp³-hybridized carbons (Fsp3) is 0.848. The summed E-state index contributed by atoms with van der Waals surface area (Å²) in [5, 5.41) is 22.3. The van der Waals surface area contributed by atoms with Gasteiger partial charge in [0.25, 0.3) is 0 Å². The van der Waals surface area contributed by atoms with E-state index in [1.165, 1.54) is 0 Å². The lowest BCUT2D eigenvalue weighted by Gasteiger charge is -2.27. The third-order valence-electron chi connectivity index (χ3n) is 4.70. The van der Waals surface area contributed by atoms with Crippen LogP contribution >= 0.6 is 24.8 Å². The van der Waals surface area contributed by atoms with Gasteiger partial charge in [-0.3, -0.25) is 14.4 Å². The number of halogens is 2. The molecule has 1 atom stereocenters. The molecule has 0 saturated carbocycles. The van der Waals surface area contributed by atoms with Crippen molar-refractivity contribution in [1.82, 2.24) is 10.6 Å². The van der Waals surface area contributed by atoms with Crippen molar-refractivity contribution in [2.45, 2.75) is 152 Å². The summed E-state index contributed by atoms with van der Waals surface area (Å²) in [6.07, 6.45) is -1.02. The number of nitrogens with one attached hydrogen (secondary N) is 2. The minimum atomic E-state index is -0.906. The van der Waals surface area contributed by atoms with E-state index < -0.39 is 58.2 Å². The monoisotopic (exact) mass is 768 g/mol. The van der Waals surface area contributed by atoms with Crippen LogP contribution in [0, 0.1) is 11.8 Å². The van der Waals surface area contributed by atoms with Crippen LogP contribution in [0.1, 0.15) is 118 Å².